The van der Waals surface area contributed by atoms with Gasteiger partial charge in [-0.3, -0.25) is 14.2 Å². The first kappa shape index (κ1) is 22.0. The summed E-state index contributed by atoms with van der Waals surface area (Å²) in [4.78, 5) is 53.6. The summed E-state index contributed by atoms with van der Waals surface area (Å²) in [5.74, 6) is -3.21. The standard InChI is InChI=1S/C17H21O10P/c1-10(18)25-15-13(9-28(21,22)23)14(27-17(15)26-11(2)19)8-24-16(20)12-6-4-3-5-7-12/h3-7,13-15,17H,8-9H2,1-2H3,(H2,21,22,23)/t13-,14-,15-,17-/m1/s1. The number of ether oxygens (including phenoxy) is 4. The van der Waals surface area contributed by atoms with E-state index >= 15 is 0 Å². The average molecular weight is 416 g/mol. The first-order chi connectivity index (χ1) is 13.1. The van der Waals surface area contributed by atoms with Gasteiger partial charge in [-0.2, -0.15) is 0 Å². The Morgan fingerprint density at radius 1 is 1.07 bits per heavy atom. The molecule has 0 unspecified atom stereocenters. The van der Waals surface area contributed by atoms with Crippen LogP contribution < -0.4 is 0 Å². The van der Waals surface area contributed by atoms with E-state index in [1.54, 1.807) is 18.2 Å². The second kappa shape index (κ2) is 9.29. The summed E-state index contributed by atoms with van der Waals surface area (Å²) in [6.45, 7) is 1.82. The van der Waals surface area contributed by atoms with Crippen molar-refractivity contribution in [3.63, 3.8) is 0 Å². The van der Waals surface area contributed by atoms with E-state index in [4.69, 9.17) is 18.9 Å². The van der Waals surface area contributed by atoms with E-state index in [1.165, 1.54) is 12.1 Å². The van der Waals surface area contributed by atoms with Gasteiger partial charge in [0.25, 0.3) is 0 Å². The molecule has 2 N–H and O–H groups in total. The molecule has 1 aliphatic heterocycles. The number of carbonyl (C=O) groups is 3. The van der Waals surface area contributed by atoms with Crippen molar-refractivity contribution in [1.29, 1.82) is 0 Å². The largest absolute Gasteiger partial charge is 0.459 e. The third-order valence-electron chi connectivity index (χ3n) is 3.90. The highest BCUT2D eigenvalue weighted by molar-refractivity contribution is 7.51. The van der Waals surface area contributed by atoms with Crippen molar-refractivity contribution in [2.75, 3.05) is 12.8 Å². The number of hydrogen-bond donors (Lipinski definition) is 2. The summed E-state index contributed by atoms with van der Waals surface area (Å²) in [5, 5.41) is 0. The molecule has 0 radical (unpaired) electrons. The molecule has 0 spiro atoms. The van der Waals surface area contributed by atoms with E-state index in [2.05, 4.69) is 0 Å². The normalized spacial score (nSPS) is 24.4. The summed E-state index contributed by atoms with van der Waals surface area (Å²) in [6.07, 6.45) is -4.40. The minimum absolute atomic E-state index is 0.278. The Labute approximate surface area is 160 Å². The Balaban J connectivity index is 2.18. The SMILES string of the molecule is CC(=O)O[C@@H]1O[C@H](COC(=O)c2ccccc2)[C@@H](CP(=O)(O)O)[C@H]1OC(C)=O. The third-order valence-corrected chi connectivity index (χ3v) is 4.79. The molecule has 28 heavy (non-hydrogen) atoms. The van der Waals surface area contributed by atoms with Gasteiger partial charge in [0.15, 0.2) is 6.10 Å². The van der Waals surface area contributed by atoms with Crippen LogP contribution in [0.15, 0.2) is 30.3 Å². The Bertz CT molecular complexity index is 758. The highest BCUT2D eigenvalue weighted by atomic mass is 31.2. The molecule has 154 valence electrons. The molecule has 4 atom stereocenters. The van der Waals surface area contributed by atoms with Gasteiger partial charge in [0.2, 0.25) is 6.29 Å². The first-order valence-electron chi connectivity index (χ1n) is 8.33. The maximum atomic E-state index is 12.1. The summed E-state index contributed by atoms with van der Waals surface area (Å²) in [7, 11) is -4.55. The van der Waals surface area contributed by atoms with Crippen LogP contribution in [0.4, 0.5) is 0 Å². The monoisotopic (exact) mass is 416 g/mol. The lowest BCUT2D eigenvalue weighted by atomic mass is 10.0. The van der Waals surface area contributed by atoms with Gasteiger partial charge < -0.3 is 28.7 Å². The molecule has 1 aromatic carbocycles. The van der Waals surface area contributed by atoms with Crippen LogP contribution in [0.25, 0.3) is 0 Å². The number of rotatable bonds is 7. The van der Waals surface area contributed by atoms with Crippen molar-refractivity contribution in [3.05, 3.63) is 35.9 Å². The van der Waals surface area contributed by atoms with Crippen LogP contribution in [0.2, 0.25) is 0 Å². The Kier molecular flexibility index (Phi) is 7.31. The van der Waals surface area contributed by atoms with Gasteiger partial charge in [-0.1, -0.05) is 18.2 Å². The van der Waals surface area contributed by atoms with Crippen molar-refractivity contribution in [2.45, 2.75) is 32.3 Å². The predicted octanol–water partition coefficient (Wildman–Crippen LogP) is 0.857. The Morgan fingerprint density at radius 2 is 1.68 bits per heavy atom. The zero-order chi connectivity index (χ0) is 20.9. The van der Waals surface area contributed by atoms with E-state index in [0.29, 0.717) is 0 Å². The number of esters is 3. The maximum Gasteiger partial charge on any atom is 0.338 e. The fraction of sp³-hybridized carbons (Fsp3) is 0.471. The molecule has 0 amide bonds. The molecule has 1 heterocycles. The number of carbonyl (C=O) groups excluding carboxylic acids is 3. The zero-order valence-corrected chi connectivity index (χ0v) is 16.1. The summed E-state index contributed by atoms with van der Waals surface area (Å²) in [6, 6.07) is 8.09. The molecule has 1 fully saturated rings. The van der Waals surface area contributed by atoms with Crippen molar-refractivity contribution < 1.29 is 47.7 Å². The van der Waals surface area contributed by atoms with Gasteiger partial charge >= 0.3 is 25.5 Å². The molecule has 11 heteroatoms. The number of hydrogen-bond acceptors (Lipinski definition) is 8. The molecule has 0 aliphatic carbocycles. The van der Waals surface area contributed by atoms with Crippen molar-refractivity contribution in [2.24, 2.45) is 5.92 Å². The number of benzene rings is 1. The van der Waals surface area contributed by atoms with E-state index in [-0.39, 0.29) is 12.2 Å². The minimum atomic E-state index is -4.55. The smallest absolute Gasteiger partial charge is 0.338 e. The van der Waals surface area contributed by atoms with Crippen molar-refractivity contribution >= 4 is 25.5 Å². The van der Waals surface area contributed by atoms with Crippen LogP contribution in [0.3, 0.4) is 0 Å². The minimum Gasteiger partial charge on any atom is -0.459 e. The molecule has 0 bridgehead atoms. The topological polar surface area (TPSA) is 146 Å². The molecule has 1 saturated heterocycles. The quantitative estimate of drug-likeness (QED) is 0.373. The third kappa shape index (κ3) is 6.42. The second-order valence-electron chi connectivity index (χ2n) is 6.20. The van der Waals surface area contributed by atoms with Gasteiger partial charge in [0.1, 0.15) is 12.7 Å². The van der Waals surface area contributed by atoms with Crippen LogP contribution in [0.5, 0.6) is 0 Å². The van der Waals surface area contributed by atoms with Crippen LogP contribution in [0.1, 0.15) is 24.2 Å². The van der Waals surface area contributed by atoms with Crippen LogP contribution >= 0.6 is 7.60 Å². The lowest BCUT2D eigenvalue weighted by molar-refractivity contribution is -0.195. The average Bonchev–Trinajstić information content (AvgIpc) is 2.87. The van der Waals surface area contributed by atoms with Gasteiger partial charge in [-0.25, -0.2) is 4.79 Å². The molecular formula is C17H21O10P. The highest BCUT2D eigenvalue weighted by Gasteiger charge is 2.51. The molecule has 10 nitrogen and oxygen atoms in total. The lowest BCUT2D eigenvalue weighted by Crippen LogP contribution is -2.37. The van der Waals surface area contributed by atoms with Gasteiger partial charge in [0, 0.05) is 19.8 Å². The lowest BCUT2D eigenvalue weighted by Gasteiger charge is -2.23. The van der Waals surface area contributed by atoms with Crippen LogP contribution in [0, 0.1) is 5.92 Å². The first-order valence-corrected chi connectivity index (χ1v) is 10.1. The van der Waals surface area contributed by atoms with E-state index in [9.17, 15) is 28.7 Å². The summed E-state index contributed by atoms with van der Waals surface area (Å²) >= 11 is 0. The predicted molar refractivity (Wildman–Crippen MR) is 93.1 cm³/mol. The van der Waals surface area contributed by atoms with Crippen molar-refractivity contribution in [1.82, 2.24) is 0 Å². The fourth-order valence-electron chi connectivity index (χ4n) is 2.83. The fourth-order valence-corrected chi connectivity index (χ4v) is 3.82. The summed E-state index contributed by atoms with van der Waals surface area (Å²) < 4.78 is 32.2. The second-order valence-corrected chi connectivity index (χ2v) is 7.90. The molecule has 1 aromatic rings. The summed E-state index contributed by atoms with van der Waals surface area (Å²) in [5.41, 5.74) is 0.278. The maximum absolute atomic E-state index is 12.1. The molecule has 2 rings (SSSR count). The van der Waals surface area contributed by atoms with E-state index in [0.717, 1.165) is 13.8 Å². The van der Waals surface area contributed by atoms with Gasteiger partial charge in [-0.15, -0.1) is 0 Å². The molecule has 0 aromatic heterocycles. The highest BCUT2D eigenvalue weighted by Crippen LogP contribution is 2.43. The molecule has 1 aliphatic rings. The van der Waals surface area contributed by atoms with E-state index < -0.39 is 56.1 Å². The molecule has 0 saturated carbocycles. The molecular weight excluding hydrogens is 395 g/mol. The van der Waals surface area contributed by atoms with Gasteiger partial charge in [-0.05, 0) is 12.1 Å². The van der Waals surface area contributed by atoms with Crippen LogP contribution in [-0.2, 0) is 33.1 Å². The van der Waals surface area contributed by atoms with Crippen molar-refractivity contribution in [3.8, 4) is 0 Å². The van der Waals surface area contributed by atoms with E-state index in [1.807, 2.05) is 0 Å². The zero-order valence-electron chi connectivity index (χ0n) is 15.2. The Hall–Kier alpha value is -2.26. The van der Waals surface area contributed by atoms with Crippen LogP contribution in [-0.4, -0.2) is 59.0 Å². The van der Waals surface area contributed by atoms with Gasteiger partial charge in [0.05, 0.1) is 11.7 Å². The Morgan fingerprint density at radius 3 is 2.21 bits per heavy atom.